The summed E-state index contributed by atoms with van der Waals surface area (Å²) in [5.41, 5.74) is 0.885. The molecule has 126 valence electrons. The number of carbonyl (C=O) groups is 1. The van der Waals surface area contributed by atoms with Gasteiger partial charge in [-0.05, 0) is 37.1 Å². The van der Waals surface area contributed by atoms with Crippen LogP contribution in [0.1, 0.15) is 27.2 Å². The third-order valence-corrected chi connectivity index (χ3v) is 4.07. The van der Waals surface area contributed by atoms with Crippen LogP contribution in [-0.4, -0.2) is 32.3 Å². The smallest absolute Gasteiger partial charge is 0.236 e. The van der Waals surface area contributed by atoms with Crippen molar-refractivity contribution in [1.82, 2.24) is 19.8 Å². The molecule has 2 aromatic heterocycles. The Morgan fingerprint density at radius 3 is 2.71 bits per heavy atom. The quantitative estimate of drug-likeness (QED) is 0.742. The fourth-order valence-electron chi connectivity index (χ4n) is 2.26. The molecule has 0 aliphatic heterocycles. The highest BCUT2D eigenvalue weighted by Crippen LogP contribution is 2.25. The molecule has 0 spiro atoms. The third kappa shape index (κ3) is 3.53. The number of rotatable bonds is 6. The van der Waals surface area contributed by atoms with E-state index in [0.29, 0.717) is 34.9 Å². The van der Waals surface area contributed by atoms with Gasteiger partial charge in [-0.2, -0.15) is 4.52 Å². The SMILES string of the molecule is CCOc1ccc(-c2nnc3sc(NC(=O)CC(C)C)nn23)cc1. The Bertz CT molecular complexity index is 838. The van der Waals surface area contributed by atoms with Gasteiger partial charge in [0.25, 0.3) is 0 Å². The van der Waals surface area contributed by atoms with E-state index in [2.05, 4.69) is 20.6 Å². The van der Waals surface area contributed by atoms with Gasteiger partial charge in [0.05, 0.1) is 6.61 Å². The van der Waals surface area contributed by atoms with Crippen LogP contribution in [0.3, 0.4) is 0 Å². The molecule has 2 heterocycles. The summed E-state index contributed by atoms with van der Waals surface area (Å²) in [6.45, 7) is 6.57. The summed E-state index contributed by atoms with van der Waals surface area (Å²) >= 11 is 1.30. The van der Waals surface area contributed by atoms with Gasteiger partial charge in [-0.1, -0.05) is 25.2 Å². The van der Waals surface area contributed by atoms with Crippen LogP contribution in [0.25, 0.3) is 16.3 Å². The van der Waals surface area contributed by atoms with Crippen molar-refractivity contribution < 1.29 is 9.53 Å². The fourth-order valence-corrected chi connectivity index (χ4v) is 3.01. The van der Waals surface area contributed by atoms with Crippen LogP contribution in [0.4, 0.5) is 5.13 Å². The molecule has 0 bridgehead atoms. The van der Waals surface area contributed by atoms with E-state index in [1.54, 1.807) is 4.52 Å². The molecule has 1 amide bonds. The predicted molar refractivity (Wildman–Crippen MR) is 93.3 cm³/mol. The van der Waals surface area contributed by atoms with Crippen molar-refractivity contribution in [2.45, 2.75) is 27.2 Å². The van der Waals surface area contributed by atoms with Gasteiger partial charge >= 0.3 is 0 Å². The molecule has 8 heteroatoms. The van der Waals surface area contributed by atoms with Crippen molar-refractivity contribution in [2.24, 2.45) is 5.92 Å². The van der Waals surface area contributed by atoms with Gasteiger partial charge in [0.1, 0.15) is 5.75 Å². The molecule has 24 heavy (non-hydrogen) atoms. The van der Waals surface area contributed by atoms with Crippen molar-refractivity contribution in [3.63, 3.8) is 0 Å². The summed E-state index contributed by atoms with van der Waals surface area (Å²) in [7, 11) is 0. The maximum Gasteiger partial charge on any atom is 0.236 e. The number of fused-ring (bicyclic) bond motifs is 1. The van der Waals surface area contributed by atoms with E-state index in [0.717, 1.165) is 11.3 Å². The van der Waals surface area contributed by atoms with Crippen LogP contribution >= 0.6 is 11.3 Å². The Balaban J connectivity index is 1.83. The number of nitrogens with zero attached hydrogens (tertiary/aromatic N) is 4. The second-order valence-electron chi connectivity index (χ2n) is 5.73. The Morgan fingerprint density at radius 2 is 2.04 bits per heavy atom. The maximum absolute atomic E-state index is 11.9. The van der Waals surface area contributed by atoms with Gasteiger partial charge in [0.2, 0.25) is 16.0 Å². The monoisotopic (exact) mass is 345 g/mol. The summed E-state index contributed by atoms with van der Waals surface area (Å²) < 4.78 is 7.09. The highest BCUT2D eigenvalue weighted by Gasteiger charge is 2.15. The van der Waals surface area contributed by atoms with Gasteiger partial charge in [-0.3, -0.25) is 4.79 Å². The second kappa shape index (κ2) is 6.96. The highest BCUT2D eigenvalue weighted by molar-refractivity contribution is 7.20. The van der Waals surface area contributed by atoms with Crippen molar-refractivity contribution in [3.8, 4) is 17.1 Å². The van der Waals surface area contributed by atoms with Crippen molar-refractivity contribution in [1.29, 1.82) is 0 Å². The lowest BCUT2D eigenvalue weighted by molar-refractivity contribution is -0.116. The van der Waals surface area contributed by atoms with Crippen LogP contribution in [0.5, 0.6) is 5.75 Å². The first-order valence-electron chi connectivity index (χ1n) is 7.82. The minimum absolute atomic E-state index is 0.0439. The molecule has 3 aromatic rings. The van der Waals surface area contributed by atoms with Crippen LogP contribution in [0.15, 0.2) is 24.3 Å². The van der Waals surface area contributed by atoms with Crippen LogP contribution in [-0.2, 0) is 4.79 Å². The number of amides is 1. The van der Waals surface area contributed by atoms with E-state index in [-0.39, 0.29) is 5.91 Å². The summed E-state index contributed by atoms with van der Waals surface area (Å²) in [4.78, 5) is 12.5. The topological polar surface area (TPSA) is 81.4 Å². The molecule has 0 unspecified atom stereocenters. The molecule has 0 radical (unpaired) electrons. The molecule has 0 fully saturated rings. The number of hydrogen-bond donors (Lipinski definition) is 1. The number of benzene rings is 1. The molecule has 0 atom stereocenters. The van der Waals surface area contributed by atoms with Crippen molar-refractivity contribution in [2.75, 3.05) is 11.9 Å². The predicted octanol–water partition coefficient (Wildman–Crippen LogP) is 3.24. The number of anilines is 1. The molecule has 0 aliphatic rings. The van der Waals surface area contributed by atoms with Gasteiger partial charge in [0.15, 0.2) is 5.82 Å². The summed E-state index contributed by atoms with van der Waals surface area (Å²) in [6, 6.07) is 7.60. The summed E-state index contributed by atoms with van der Waals surface area (Å²) in [5.74, 6) is 1.70. The van der Waals surface area contributed by atoms with Crippen molar-refractivity contribution >= 4 is 27.3 Å². The Morgan fingerprint density at radius 1 is 1.29 bits per heavy atom. The summed E-state index contributed by atoms with van der Waals surface area (Å²) in [5, 5.41) is 16.0. The molecule has 3 rings (SSSR count). The first-order valence-corrected chi connectivity index (χ1v) is 8.63. The zero-order valence-electron chi connectivity index (χ0n) is 13.8. The van der Waals surface area contributed by atoms with Gasteiger partial charge in [-0.25, -0.2) is 0 Å². The number of ether oxygens (including phenoxy) is 1. The lowest BCUT2D eigenvalue weighted by Gasteiger charge is -2.04. The number of hydrogen-bond acceptors (Lipinski definition) is 6. The van der Waals surface area contributed by atoms with E-state index >= 15 is 0 Å². The maximum atomic E-state index is 11.9. The third-order valence-electron chi connectivity index (χ3n) is 3.25. The van der Waals surface area contributed by atoms with Gasteiger partial charge in [0, 0.05) is 12.0 Å². The van der Waals surface area contributed by atoms with E-state index in [9.17, 15) is 4.79 Å². The molecule has 1 aromatic carbocycles. The molecular formula is C16H19N5O2S. The number of nitrogens with one attached hydrogen (secondary N) is 1. The second-order valence-corrected chi connectivity index (χ2v) is 6.68. The van der Waals surface area contributed by atoms with Crippen LogP contribution in [0.2, 0.25) is 0 Å². The number of carbonyl (C=O) groups excluding carboxylic acids is 1. The van der Waals surface area contributed by atoms with Gasteiger partial charge in [-0.15, -0.1) is 15.3 Å². The Kier molecular flexibility index (Phi) is 4.75. The zero-order valence-corrected chi connectivity index (χ0v) is 14.6. The standard InChI is InChI=1S/C16H19N5O2S/c1-4-23-12-7-5-11(6-8-12)14-18-19-16-21(14)20-15(24-16)17-13(22)9-10(2)3/h5-8,10H,4,9H2,1-3H3,(H,17,20,22). The largest absolute Gasteiger partial charge is 0.494 e. The molecule has 0 saturated carbocycles. The first kappa shape index (κ1) is 16.4. The molecule has 1 N–H and O–H groups in total. The normalized spacial score (nSPS) is 11.2. The highest BCUT2D eigenvalue weighted by atomic mass is 32.1. The minimum Gasteiger partial charge on any atom is -0.494 e. The molecule has 7 nitrogen and oxygen atoms in total. The average Bonchev–Trinajstić information content (AvgIpc) is 3.07. The zero-order chi connectivity index (χ0) is 17.1. The van der Waals surface area contributed by atoms with Crippen molar-refractivity contribution in [3.05, 3.63) is 24.3 Å². The lowest BCUT2D eigenvalue weighted by Crippen LogP contribution is -2.13. The fraction of sp³-hybridized carbons (Fsp3) is 0.375. The molecule has 0 aliphatic carbocycles. The van der Waals surface area contributed by atoms with E-state index < -0.39 is 0 Å². The van der Waals surface area contributed by atoms with Crippen LogP contribution < -0.4 is 10.1 Å². The molecular weight excluding hydrogens is 326 g/mol. The van der Waals surface area contributed by atoms with E-state index in [1.807, 2.05) is 45.0 Å². The van der Waals surface area contributed by atoms with E-state index in [1.165, 1.54) is 11.3 Å². The summed E-state index contributed by atoms with van der Waals surface area (Å²) in [6.07, 6.45) is 0.464. The van der Waals surface area contributed by atoms with Crippen LogP contribution in [0, 0.1) is 5.92 Å². The number of aromatic nitrogens is 4. The Hall–Kier alpha value is -2.48. The van der Waals surface area contributed by atoms with E-state index in [4.69, 9.17) is 4.74 Å². The first-order chi connectivity index (χ1) is 11.6. The molecule has 0 saturated heterocycles. The minimum atomic E-state index is -0.0439. The average molecular weight is 345 g/mol. The Labute approximate surface area is 143 Å². The van der Waals surface area contributed by atoms with Gasteiger partial charge < -0.3 is 10.1 Å². The lowest BCUT2D eigenvalue weighted by atomic mass is 10.1.